The van der Waals surface area contributed by atoms with Crippen LogP contribution in [0.5, 0.6) is 0 Å². The highest BCUT2D eigenvalue weighted by molar-refractivity contribution is 5.95. The van der Waals surface area contributed by atoms with E-state index in [9.17, 15) is 14.4 Å². The number of hydrogen-bond acceptors (Lipinski definition) is 3. The number of carboxylic acid groups (broad SMARTS) is 1. The van der Waals surface area contributed by atoms with Crippen molar-refractivity contribution in [2.24, 2.45) is 12.8 Å². The van der Waals surface area contributed by atoms with Gasteiger partial charge in [0.2, 0.25) is 5.91 Å². The van der Waals surface area contributed by atoms with Crippen molar-refractivity contribution in [2.75, 3.05) is 0 Å². The zero-order valence-corrected chi connectivity index (χ0v) is 9.92. The number of nitrogens with one attached hydrogen (secondary N) is 1. The van der Waals surface area contributed by atoms with Gasteiger partial charge in [0.15, 0.2) is 0 Å². The molecular weight excluding hydrogens is 238 g/mol. The van der Waals surface area contributed by atoms with E-state index in [1.54, 1.807) is 29.9 Å². The van der Waals surface area contributed by atoms with Crippen molar-refractivity contribution >= 4 is 17.8 Å². The smallest absolute Gasteiger partial charge is 0.326 e. The lowest BCUT2D eigenvalue weighted by atomic mass is 10.1. The van der Waals surface area contributed by atoms with Crippen LogP contribution in [0.4, 0.5) is 0 Å². The fraction of sp³-hybridized carbons (Fsp3) is 0.364. The van der Waals surface area contributed by atoms with E-state index in [0.717, 1.165) is 0 Å². The number of nitrogens with two attached hydrogens (primary N) is 1. The van der Waals surface area contributed by atoms with Crippen molar-refractivity contribution in [3.05, 3.63) is 24.0 Å². The first-order valence-electron chi connectivity index (χ1n) is 5.35. The van der Waals surface area contributed by atoms with Crippen molar-refractivity contribution in [3.63, 3.8) is 0 Å². The summed E-state index contributed by atoms with van der Waals surface area (Å²) >= 11 is 0. The van der Waals surface area contributed by atoms with Gasteiger partial charge >= 0.3 is 5.97 Å². The predicted octanol–water partition coefficient (Wildman–Crippen LogP) is -0.526. The van der Waals surface area contributed by atoms with Crippen LogP contribution in [0, 0.1) is 0 Å². The van der Waals surface area contributed by atoms with E-state index >= 15 is 0 Å². The highest BCUT2D eigenvalue weighted by Crippen LogP contribution is 2.03. The molecule has 0 aliphatic carbocycles. The molecule has 0 aliphatic heterocycles. The number of amides is 2. The molecule has 0 spiro atoms. The summed E-state index contributed by atoms with van der Waals surface area (Å²) < 4.78 is 1.57. The SMILES string of the molecule is Cn1cccc1C(=O)N[C@H](CCC(N)=O)C(=O)O. The summed E-state index contributed by atoms with van der Waals surface area (Å²) in [6, 6.07) is 2.12. The summed E-state index contributed by atoms with van der Waals surface area (Å²) in [4.78, 5) is 33.3. The fourth-order valence-electron chi connectivity index (χ4n) is 1.47. The number of aryl methyl sites for hydroxylation is 1. The third kappa shape index (κ3) is 3.62. The zero-order chi connectivity index (χ0) is 13.7. The number of primary amides is 1. The molecule has 7 nitrogen and oxygen atoms in total. The standard InChI is InChI=1S/C11H15N3O4/c1-14-6-2-3-8(14)10(16)13-7(11(17)18)4-5-9(12)15/h2-3,6-7H,4-5H2,1H3,(H2,12,15)(H,13,16)(H,17,18)/t7-/m1/s1. The quantitative estimate of drug-likeness (QED) is 0.632. The second kappa shape index (κ2) is 5.85. The molecular formula is C11H15N3O4. The van der Waals surface area contributed by atoms with Gasteiger partial charge in [0.25, 0.3) is 5.91 Å². The van der Waals surface area contributed by atoms with Crippen LogP contribution >= 0.6 is 0 Å². The molecule has 7 heteroatoms. The Bertz CT molecular complexity index is 467. The maximum absolute atomic E-state index is 11.8. The third-order valence-corrected chi connectivity index (χ3v) is 2.46. The molecule has 4 N–H and O–H groups in total. The van der Waals surface area contributed by atoms with E-state index in [0.29, 0.717) is 5.69 Å². The molecule has 0 bridgehead atoms. The predicted molar refractivity (Wildman–Crippen MR) is 62.7 cm³/mol. The van der Waals surface area contributed by atoms with Crippen LogP contribution in [0.3, 0.4) is 0 Å². The minimum Gasteiger partial charge on any atom is -0.480 e. The highest BCUT2D eigenvalue weighted by Gasteiger charge is 2.21. The van der Waals surface area contributed by atoms with E-state index in [2.05, 4.69) is 5.32 Å². The lowest BCUT2D eigenvalue weighted by Gasteiger charge is -2.13. The summed E-state index contributed by atoms with van der Waals surface area (Å²) in [5, 5.41) is 11.3. The number of aromatic nitrogens is 1. The number of hydrogen-bond donors (Lipinski definition) is 3. The maximum atomic E-state index is 11.8. The third-order valence-electron chi connectivity index (χ3n) is 2.46. The van der Waals surface area contributed by atoms with Crippen LogP contribution in [-0.2, 0) is 16.6 Å². The summed E-state index contributed by atoms with van der Waals surface area (Å²) in [6.45, 7) is 0. The Kier molecular flexibility index (Phi) is 4.47. The second-order valence-corrected chi connectivity index (χ2v) is 3.87. The Balaban J connectivity index is 2.67. The van der Waals surface area contributed by atoms with Gasteiger partial charge in [-0.2, -0.15) is 0 Å². The van der Waals surface area contributed by atoms with E-state index < -0.39 is 23.8 Å². The van der Waals surface area contributed by atoms with Gasteiger partial charge in [-0.05, 0) is 18.6 Å². The van der Waals surface area contributed by atoms with Gasteiger partial charge in [-0.3, -0.25) is 9.59 Å². The summed E-state index contributed by atoms with van der Waals surface area (Å²) in [6.07, 6.45) is 1.55. The number of carbonyl (C=O) groups excluding carboxylic acids is 2. The molecule has 1 aromatic heterocycles. The minimum atomic E-state index is -1.20. The summed E-state index contributed by atoms with van der Waals surface area (Å²) in [5.41, 5.74) is 5.29. The van der Waals surface area contributed by atoms with Gasteiger partial charge in [0.05, 0.1) is 0 Å². The van der Waals surface area contributed by atoms with E-state index in [1.165, 1.54) is 0 Å². The summed E-state index contributed by atoms with van der Waals surface area (Å²) in [7, 11) is 1.67. The van der Waals surface area contributed by atoms with E-state index in [1.807, 2.05) is 0 Å². The lowest BCUT2D eigenvalue weighted by molar-refractivity contribution is -0.139. The average molecular weight is 253 g/mol. The molecule has 98 valence electrons. The van der Waals surface area contributed by atoms with Crippen LogP contribution in [0.15, 0.2) is 18.3 Å². The molecule has 0 radical (unpaired) electrons. The number of carboxylic acids is 1. The van der Waals surface area contributed by atoms with E-state index in [4.69, 9.17) is 10.8 Å². The van der Waals surface area contributed by atoms with Gasteiger partial charge in [-0.15, -0.1) is 0 Å². The number of rotatable bonds is 6. The first-order valence-corrected chi connectivity index (χ1v) is 5.35. The van der Waals surface area contributed by atoms with Crippen LogP contribution in [0.2, 0.25) is 0 Å². The van der Waals surface area contributed by atoms with Gasteiger partial charge in [-0.25, -0.2) is 4.79 Å². The summed E-state index contributed by atoms with van der Waals surface area (Å²) in [5.74, 6) is -2.30. The van der Waals surface area contributed by atoms with Crippen LogP contribution in [0.25, 0.3) is 0 Å². The Labute approximate surface area is 104 Å². The van der Waals surface area contributed by atoms with Crippen molar-refractivity contribution in [1.29, 1.82) is 0 Å². The molecule has 0 saturated heterocycles. The highest BCUT2D eigenvalue weighted by atomic mass is 16.4. The largest absolute Gasteiger partial charge is 0.480 e. The zero-order valence-electron chi connectivity index (χ0n) is 9.92. The first-order chi connectivity index (χ1) is 8.41. The van der Waals surface area contributed by atoms with Crippen molar-refractivity contribution < 1.29 is 19.5 Å². The molecule has 0 aromatic carbocycles. The lowest BCUT2D eigenvalue weighted by Crippen LogP contribution is -2.41. The topological polar surface area (TPSA) is 114 Å². The maximum Gasteiger partial charge on any atom is 0.326 e. The van der Waals surface area contributed by atoms with Gasteiger partial charge < -0.3 is 20.7 Å². The van der Waals surface area contributed by atoms with E-state index in [-0.39, 0.29) is 12.8 Å². The molecule has 18 heavy (non-hydrogen) atoms. The van der Waals surface area contributed by atoms with Crippen LogP contribution in [-0.4, -0.2) is 33.5 Å². The molecule has 0 unspecified atom stereocenters. The fourth-order valence-corrected chi connectivity index (χ4v) is 1.47. The molecule has 0 aliphatic rings. The van der Waals surface area contributed by atoms with Crippen molar-refractivity contribution in [2.45, 2.75) is 18.9 Å². The molecule has 2 amide bonds. The number of nitrogens with zero attached hydrogens (tertiary/aromatic N) is 1. The van der Waals surface area contributed by atoms with Gasteiger partial charge in [0, 0.05) is 19.7 Å². The Morgan fingerprint density at radius 1 is 1.50 bits per heavy atom. The second-order valence-electron chi connectivity index (χ2n) is 3.87. The first kappa shape index (κ1) is 13.8. The molecule has 1 rings (SSSR count). The minimum absolute atomic E-state index is 0.0270. The number of aliphatic carboxylic acids is 1. The van der Waals surface area contributed by atoms with Crippen molar-refractivity contribution in [1.82, 2.24) is 9.88 Å². The number of carbonyl (C=O) groups is 3. The molecule has 1 atom stereocenters. The molecule has 0 fully saturated rings. The van der Waals surface area contributed by atoms with Crippen LogP contribution < -0.4 is 11.1 Å². The molecule has 1 heterocycles. The Hall–Kier alpha value is -2.31. The van der Waals surface area contributed by atoms with Gasteiger partial charge in [0.1, 0.15) is 11.7 Å². The Morgan fingerprint density at radius 2 is 2.17 bits per heavy atom. The van der Waals surface area contributed by atoms with Crippen molar-refractivity contribution in [3.8, 4) is 0 Å². The monoisotopic (exact) mass is 253 g/mol. The molecule has 0 saturated carbocycles. The van der Waals surface area contributed by atoms with Gasteiger partial charge in [-0.1, -0.05) is 0 Å². The average Bonchev–Trinajstić information content (AvgIpc) is 2.69. The normalized spacial score (nSPS) is 11.8. The Morgan fingerprint density at radius 3 is 2.61 bits per heavy atom. The molecule has 1 aromatic rings. The van der Waals surface area contributed by atoms with Crippen LogP contribution in [0.1, 0.15) is 23.3 Å².